The van der Waals surface area contributed by atoms with Crippen molar-refractivity contribution in [2.75, 3.05) is 19.8 Å². The summed E-state index contributed by atoms with van der Waals surface area (Å²) < 4.78 is 11.1. The Morgan fingerprint density at radius 2 is 1.95 bits per heavy atom. The quantitative estimate of drug-likeness (QED) is 0.924. The Bertz CT molecular complexity index is 572. The second kappa shape index (κ2) is 5.92. The maximum absolute atomic E-state index is 5.89. The van der Waals surface area contributed by atoms with Crippen molar-refractivity contribution >= 4 is 0 Å². The number of hydrogen-bond acceptors (Lipinski definition) is 4. The molecule has 4 nitrogen and oxygen atoms in total. The maximum Gasteiger partial charge on any atom is 0.161 e. The summed E-state index contributed by atoms with van der Waals surface area (Å²) >= 11 is 0. The van der Waals surface area contributed by atoms with Crippen molar-refractivity contribution in [3.63, 3.8) is 0 Å². The third-order valence-electron chi connectivity index (χ3n) is 3.48. The van der Waals surface area contributed by atoms with Crippen LogP contribution in [0, 0.1) is 0 Å². The highest BCUT2D eigenvalue weighted by Crippen LogP contribution is 2.32. The number of aromatic nitrogens is 1. The first kappa shape index (κ1) is 12.9. The van der Waals surface area contributed by atoms with E-state index in [1.54, 1.807) is 0 Å². The van der Waals surface area contributed by atoms with Crippen molar-refractivity contribution in [3.8, 4) is 11.5 Å². The van der Waals surface area contributed by atoms with Crippen LogP contribution >= 0.6 is 0 Å². The van der Waals surface area contributed by atoms with Crippen LogP contribution in [0.2, 0.25) is 0 Å². The summed E-state index contributed by atoms with van der Waals surface area (Å²) in [6.45, 7) is 1.80. The number of benzene rings is 1. The molecule has 1 aromatic carbocycles. The van der Waals surface area contributed by atoms with E-state index in [1.165, 1.54) is 5.56 Å². The molecule has 0 spiro atoms. The Kier molecular flexibility index (Phi) is 3.83. The third-order valence-corrected chi connectivity index (χ3v) is 3.48. The molecule has 0 saturated heterocycles. The number of ether oxygens (including phenoxy) is 2. The minimum absolute atomic E-state index is 0.221. The van der Waals surface area contributed by atoms with Crippen molar-refractivity contribution in [2.24, 2.45) is 5.73 Å². The average molecular weight is 270 g/mol. The van der Waals surface area contributed by atoms with Gasteiger partial charge in [-0.2, -0.15) is 0 Å². The summed E-state index contributed by atoms with van der Waals surface area (Å²) in [7, 11) is 0. The molecule has 4 heteroatoms. The molecule has 1 unspecified atom stereocenters. The second-order valence-electron chi connectivity index (χ2n) is 4.87. The van der Waals surface area contributed by atoms with Gasteiger partial charge in [0.1, 0.15) is 13.2 Å². The Morgan fingerprint density at radius 3 is 2.70 bits per heavy atom. The molecule has 0 fully saturated rings. The first-order valence-corrected chi connectivity index (χ1v) is 6.86. The summed E-state index contributed by atoms with van der Waals surface area (Å²) in [5, 5.41) is 0. The lowest BCUT2D eigenvalue weighted by Crippen LogP contribution is -2.17. The molecule has 3 rings (SSSR count). The number of hydrogen-bond donors (Lipinski definition) is 1. The highest BCUT2D eigenvalue weighted by molar-refractivity contribution is 5.44. The lowest BCUT2D eigenvalue weighted by molar-refractivity contribution is 0.171. The molecule has 0 bridgehead atoms. The van der Waals surface area contributed by atoms with Gasteiger partial charge < -0.3 is 15.2 Å². The third kappa shape index (κ3) is 2.75. The van der Waals surface area contributed by atoms with E-state index in [4.69, 9.17) is 15.2 Å². The first-order chi connectivity index (χ1) is 9.86. The highest BCUT2D eigenvalue weighted by Gasteiger charge is 2.15. The zero-order chi connectivity index (χ0) is 13.8. The fourth-order valence-corrected chi connectivity index (χ4v) is 2.43. The van der Waals surface area contributed by atoms with Crippen LogP contribution in [0.15, 0.2) is 42.6 Å². The van der Waals surface area contributed by atoms with Gasteiger partial charge in [0.05, 0.1) is 0 Å². The van der Waals surface area contributed by atoms with Crippen LogP contribution in [0.4, 0.5) is 0 Å². The summed E-state index contributed by atoms with van der Waals surface area (Å²) in [6.07, 6.45) is 2.66. The second-order valence-corrected chi connectivity index (χ2v) is 4.87. The summed E-state index contributed by atoms with van der Waals surface area (Å²) in [6, 6.07) is 12.0. The minimum atomic E-state index is 0.221. The van der Waals surface area contributed by atoms with Crippen molar-refractivity contribution in [3.05, 3.63) is 53.9 Å². The summed E-state index contributed by atoms with van der Waals surface area (Å²) in [5.41, 5.74) is 8.12. The average Bonchev–Trinajstić information content (AvgIpc) is 2.53. The molecule has 1 atom stereocenters. The van der Waals surface area contributed by atoms with Crippen LogP contribution in [0.25, 0.3) is 0 Å². The SMILES string of the molecule is NCC(Cc1ccc2c(c1)OCCO2)c1ccccn1. The van der Waals surface area contributed by atoms with Crippen molar-refractivity contribution in [1.82, 2.24) is 4.98 Å². The fourth-order valence-electron chi connectivity index (χ4n) is 2.43. The molecule has 0 radical (unpaired) electrons. The number of pyridine rings is 1. The minimum Gasteiger partial charge on any atom is -0.486 e. The zero-order valence-electron chi connectivity index (χ0n) is 11.3. The van der Waals surface area contributed by atoms with Gasteiger partial charge in [0, 0.05) is 24.4 Å². The number of rotatable bonds is 4. The van der Waals surface area contributed by atoms with Crippen LogP contribution in [-0.2, 0) is 6.42 Å². The van der Waals surface area contributed by atoms with E-state index in [0.717, 1.165) is 23.6 Å². The predicted molar refractivity (Wildman–Crippen MR) is 77.2 cm³/mol. The summed E-state index contributed by atoms with van der Waals surface area (Å²) in [4.78, 5) is 4.40. The lowest BCUT2D eigenvalue weighted by Gasteiger charge is -2.20. The molecule has 2 aromatic rings. The molecule has 1 aliphatic rings. The van der Waals surface area contributed by atoms with E-state index >= 15 is 0 Å². The number of fused-ring (bicyclic) bond motifs is 1. The Morgan fingerprint density at radius 1 is 1.10 bits per heavy atom. The van der Waals surface area contributed by atoms with Gasteiger partial charge in [0.15, 0.2) is 11.5 Å². The molecule has 2 heterocycles. The molecule has 0 amide bonds. The largest absolute Gasteiger partial charge is 0.486 e. The Hall–Kier alpha value is -2.07. The van der Waals surface area contributed by atoms with Gasteiger partial charge in [-0.05, 0) is 36.2 Å². The Labute approximate surface area is 118 Å². The molecule has 0 aliphatic carbocycles. The van der Waals surface area contributed by atoms with E-state index < -0.39 is 0 Å². The standard InChI is InChI=1S/C16H18N2O2/c17-11-13(14-3-1-2-6-18-14)9-12-4-5-15-16(10-12)20-8-7-19-15/h1-6,10,13H,7-9,11,17H2. The Balaban J connectivity index is 1.79. The van der Waals surface area contributed by atoms with Crippen LogP contribution in [0.5, 0.6) is 11.5 Å². The molecule has 1 aromatic heterocycles. The maximum atomic E-state index is 5.89. The first-order valence-electron chi connectivity index (χ1n) is 6.86. The number of nitrogens with zero attached hydrogens (tertiary/aromatic N) is 1. The van der Waals surface area contributed by atoms with E-state index in [0.29, 0.717) is 19.8 Å². The van der Waals surface area contributed by atoms with E-state index in [1.807, 2.05) is 36.5 Å². The molecule has 20 heavy (non-hydrogen) atoms. The molecule has 2 N–H and O–H groups in total. The zero-order valence-corrected chi connectivity index (χ0v) is 11.3. The van der Waals surface area contributed by atoms with Gasteiger partial charge in [-0.3, -0.25) is 4.98 Å². The van der Waals surface area contributed by atoms with Gasteiger partial charge in [0.25, 0.3) is 0 Å². The van der Waals surface area contributed by atoms with E-state index in [-0.39, 0.29) is 5.92 Å². The van der Waals surface area contributed by atoms with Crippen molar-refractivity contribution in [1.29, 1.82) is 0 Å². The van der Waals surface area contributed by atoms with Gasteiger partial charge >= 0.3 is 0 Å². The molecule has 104 valence electrons. The molecular weight excluding hydrogens is 252 g/mol. The predicted octanol–water partition coefficient (Wildman–Crippen LogP) is 2.14. The molecule has 1 aliphatic heterocycles. The monoisotopic (exact) mass is 270 g/mol. The van der Waals surface area contributed by atoms with Crippen molar-refractivity contribution in [2.45, 2.75) is 12.3 Å². The van der Waals surface area contributed by atoms with Crippen LogP contribution in [0.3, 0.4) is 0 Å². The lowest BCUT2D eigenvalue weighted by atomic mass is 9.95. The van der Waals surface area contributed by atoms with Crippen LogP contribution in [-0.4, -0.2) is 24.7 Å². The summed E-state index contributed by atoms with van der Waals surface area (Å²) in [5.74, 6) is 1.87. The highest BCUT2D eigenvalue weighted by atomic mass is 16.6. The van der Waals surface area contributed by atoms with Crippen molar-refractivity contribution < 1.29 is 9.47 Å². The normalized spacial score (nSPS) is 14.8. The van der Waals surface area contributed by atoms with Gasteiger partial charge in [-0.1, -0.05) is 12.1 Å². The van der Waals surface area contributed by atoms with Crippen LogP contribution < -0.4 is 15.2 Å². The molecule has 0 saturated carbocycles. The van der Waals surface area contributed by atoms with Gasteiger partial charge in [-0.15, -0.1) is 0 Å². The van der Waals surface area contributed by atoms with E-state index in [9.17, 15) is 0 Å². The number of nitrogens with two attached hydrogens (primary N) is 1. The van der Waals surface area contributed by atoms with Crippen LogP contribution in [0.1, 0.15) is 17.2 Å². The van der Waals surface area contributed by atoms with E-state index in [2.05, 4.69) is 11.1 Å². The van der Waals surface area contributed by atoms with Gasteiger partial charge in [-0.25, -0.2) is 0 Å². The topological polar surface area (TPSA) is 57.4 Å². The fraction of sp³-hybridized carbons (Fsp3) is 0.312. The molecular formula is C16H18N2O2. The smallest absolute Gasteiger partial charge is 0.161 e. The van der Waals surface area contributed by atoms with Gasteiger partial charge in [0.2, 0.25) is 0 Å².